The summed E-state index contributed by atoms with van der Waals surface area (Å²) in [6.45, 7) is 5.97. The largest absolute Gasteiger partial charge is 0.273 e. The first-order chi connectivity index (χ1) is 10.6. The third-order valence-electron chi connectivity index (χ3n) is 3.73. The van der Waals surface area contributed by atoms with E-state index >= 15 is 0 Å². The molecule has 0 saturated carbocycles. The third-order valence-corrected chi connectivity index (χ3v) is 4.77. The van der Waals surface area contributed by atoms with Gasteiger partial charge in [0.05, 0.1) is 16.6 Å². The topological polar surface area (TPSA) is 32.7 Å². The minimum absolute atomic E-state index is 0.0895. The van der Waals surface area contributed by atoms with E-state index in [9.17, 15) is 4.79 Å². The monoisotopic (exact) mass is 310 g/mol. The number of rotatable bonds is 2. The zero-order chi connectivity index (χ0) is 15.7. The fourth-order valence-corrected chi connectivity index (χ4v) is 3.41. The van der Waals surface area contributed by atoms with Crippen molar-refractivity contribution in [1.29, 1.82) is 0 Å². The molecule has 1 aliphatic rings. The molecular formula is C18H18N2OS. The summed E-state index contributed by atoms with van der Waals surface area (Å²) < 4.78 is 0. The van der Waals surface area contributed by atoms with Crippen molar-refractivity contribution >= 4 is 34.2 Å². The van der Waals surface area contributed by atoms with E-state index in [0.29, 0.717) is 0 Å². The summed E-state index contributed by atoms with van der Waals surface area (Å²) >= 11 is 1.52. The van der Waals surface area contributed by atoms with Crippen LogP contribution in [-0.2, 0) is 4.79 Å². The molecule has 1 unspecified atom stereocenters. The van der Waals surface area contributed by atoms with Crippen LogP contribution in [0.1, 0.15) is 18.1 Å². The van der Waals surface area contributed by atoms with Crippen LogP contribution in [0.2, 0.25) is 0 Å². The second-order valence-corrected chi connectivity index (χ2v) is 6.71. The summed E-state index contributed by atoms with van der Waals surface area (Å²) in [5, 5.41) is 0.642. The second-order valence-electron chi connectivity index (χ2n) is 5.40. The number of hydrogen-bond acceptors (Lipinski definition) is 3. The van der Waals surface area contributed by atoms with Gasteiger partial charge >= 0.3 is 0 Å². The molecule has 0 N–H and O–H groups in total. The Hall–Kier alpha value is -2.07. The number of nitrogens with zero attached hydrogens (tertiary/aromatic N) is 2. The van der Waals surface area contributed by atoms with Crippen LogP contribution in [0, 0.1) is 13.8 Å². The minimum Gasteiger partial charge on any atom is -0.273 e. The number of hydrogen-bond donors (Lipinski definition) is 0. The van der Waals surface area contributed by atoms with Gasteiger partial charge in [0.15, 0.2) is 5.17 Å². The lowest BCUT2D eigenvalue weighted by Gasteiger charge is -2.18. The Balaban J connectivity index is 2.08. The lowest BCUT2D eigenvalue weighted by atomic mass is 10.2. The number of anilines is 1. The number of benzene rings is 2. The van der Waals surface area contributed by atoms with Gasteiger partial charge in [-0.2, -0.15) is 0 Å². The Morgan fingerprint density at radius 2 is 1.64 bits per heavy atom. The van der Waals surface area contributed by atoms with Crippen LogP contribution in [0.5, 0.6) is 0 Å². The van der Waals surface area contributed by atoms with E-state index < -0.39 is 0 Å². The SMILES string of the molecule is Cc1ccccc1N=C1SC(C)C(=O)N1c1ccccc1C. The zero-order valence-corrected chi connectivity index (χ0v) is 13.7. The molecule has 1 atom stereocenters. The van der Waals surface area contributed by atoms with Gasteiger partial charge in [0, 0.05) is 0 Å². The zero-order valence-electron chi connectivity index (χ0n) is 12.9. The van der Waals surface area contributed by atoms with Crippen LogP contribution in [0.25, 0.3) is 0 Å². The lowest BCUT2D eigenvalue weighted by molar-refractivity contribution is -0.116. The number of aliphatic imine (C=N–C) groups is 1. The van der Waals surface area contributed by atoms with Crippen LogP contribution in [0.4, 0.5) is 11.4 Å². The quantitative estimate of drug-likeness (QED) is 0.820. The summed E-state index contributed by atoms with van der Waals surface area (Å²) in [5.41, 5.74) is 4.00. The van der Waals surface area contributed by atoms with Crippen LogP contribution >= 0.6 is 11.8 Å². The molecule has 1 aliphatic heterocycles. The average Bonchev–Trinajstić information content (AvgIpc) is 2.77. The van der Waals surface area contributed by atoms with Crippen molar-refractivity contribution in [3.05, 3.63) is 59.7 Å². The summed E-state index contributed by atoms with van der Waals surface area (Å²) in [5.74, 6) is 0.0895. The van der Waals surface area contributed by atoms with Gasteiger partial charge in [0.2, 0.25) is 5.91 Å². The highest BCUT2D eigenvalue weighted by Gasteiger charge is 2.36. The molecule has 4 heteroatoms. The van der Waals surface area contributed by atoms with Crippen LogP contribution in [-0.4, -0.2) is 16.3 Å². The van der Waals surface area contributed by atoms with Crippen molar-refractivity contribution in [3.63, 3.8) is 0 Å². The number of aryl methyl sites for hydroxylation is 2. The average molecular weight is 310 g/mol. The highest BCUT2D eigenvalue weighted by molar-refractivity contribution is 8.16. The van der Waals surface area contributed by atoms with E-state index in [0.717, 1.165) is 27.7 Å². The first-order valence-electron chi connectivity index (χ1n) is 7.28. The molecule has 0 aromatic heterocycles. The first-order valence-corrected chi connectivity index (χ1v) is 8.16. The molecule has 1 saturated heterocycles. The Bertz CT molecular complexity index is 754. The maximum absolute atomic E-state index is 12.6. The number of carbonyl (C=O) groups is 1. The van der Waals surface area contributed by atoms with E-state index in [1.165, 1.54) is 11.8 Å². The Morgan fingerprint density at radius 3 is 2.32 bits per heavy atom. The normalized spacial score (nSPS) is 20.0. The van der Waals surface area contributed by atoms with Crippen molar-refractivity contribution in [3.8, 4) is 0 Å². The van der Waals surface area contributed by atoms with Gasteiger partial charge in [0.25, 0.3) is 0 Å². The van der Waals surface area contributed by atoms with Gasteiger partial charge in [-0.15, -0.1) is 0 Å². The molecule has 1 heterocycles. The number of amides is 1. The van der Waals surface area contributed by atoms with Crippen LogP contribution in [0.3, 0.4) is 0 Å². The highest BCUT2D eigenvalue weighted by Crippen LogP contribution is 2.35. The van der Waals surface area contributed by atoms with Crippen LogP contribution < -0.4 is 4.90 Å². The van der Waals surface area contributed by atoms with Gasteiger partial charge in [-0.25, -0.2) is 4.99 Å². The first kappa shape index (κ1) is 14.9. The minimum atomic E-state index is -0.109. The Kier molecular flexibility index (Phi) is 4.03. The number of amidine groups is 1. The molecule has 1 amide bonds. The van der Waals surface area contributed by atoms with E-state index in [-0.39, 0.29) is 11.2 Å². The van der Waals surface area contributed by atoms with Gasteiger partial charge in [-0.05, 0) is 44.0 Å². The molecule has 2 aromatic carbocycles. The van der Waals surface area contributed by atoms with Crippen molar-refractivity contribution in [1.82, 2.24) is 0 Å². The maximum Gasteiger partial charge on any atom is 0.246 e. The van der Waals surface area contributed by atoms with Gasteiger partial charge in [-0.1, -0.05) is 48.2 Å². The molecule has 0 aliphatic carbocycles. The molecular weight excluding hydrogens is 292 g/mol. The molecule has 2 aromatic rings. The predicted molar refractivity (Wildman–Crippen MR) is 94.0 cm³/mol. The van der Waals surface area contributed by atoms with E-state index in [4.69, 9.17) is 4.99 Å². The van der Waals surface area contributed by atoms with E-state index in [1.807, 2.05) is 69.3 Å². The van der Waals surface area contributed by atoms with E-state index in [1.54, 1.807) is 4.90 Å². The fraction of sp³-hybridized carbons (Fsp3) is 0.222. The summed E-state index contributed by atoms with van der Waals surface area (Å²) in [4.78, 5) is 19.1. The van der Waals surface area contributed by atoms with Crippen molar-refractivity contribution < 1.29 is 4.79 Å². The number of thioether (sulfide) groups is 1. The Labute approximate surface area is 135 Å². The summed E-state index contributed by atoms with van der Waals surface area (Å²) in [7, 11) is 0. The summed E-state index contributed by atoms with van der Waals surface area (Å²) in [6, 6.07) is 15.9. The van der Waals surface area contributed by atoms with Gasteiger partial charge in [-0.3, -0.25) is 9.69 Å². The van der Waals surface area contributed by atoms with Crippen molar-refractivity contribution in [2.24, 2.45) is 4.99 Å². The molecule has 1 fully saturated rings. The third kappa shape index (κ3) is 2.66. The smallest absolute Gasteiger partial charge is 0.246 e. The van der Waals surface area contributed by atoms with Crippen molar-refractivity contribution in [2.45, 2.75) is 26.0 Å². The van der Waals surface area contributed by atoms with Crippen molar-refractivity contribution in [2.75, 3.05) is 4.90 Å². The molecule has 112 valence electrons. The predicted octanol–water partition coefficient (Wildman–Crippen LogP) is 4.46. The van der Waals surface area contributed by atoms with E-state index in [2.05, 4.69) is 0 Å². The molecule has 0 bridgehead atoms. The van der Waals surface area contributed by atoms with Gasteiger partial charge < -0.3 is 0 Å². The maximum atomic E-state index is 12.6. The van der Waals surface area contributed by atoms with Crippen LogP contribution in [0.15, 0.2) is 53.5 Å². The second kappa shape index (κ2) is 5.97. The highest BCUT2D eigenvalue weighted by atomic mass is 32.2. The van der Waals surface area contributed by atoms with Gasteiger partial charge in [0.1, 0.15) is 0 Å². The molecule has 0 radical (unpaired) electrons. The molecule has 3 rings (SSSR count). The number of para-hydroxylation sites is 2. The molecule has 22 heavy (non-hydrogen) atoms. The number of carbonyl (C=O) groups excluding carboxylic acids is 1. The Morgan fingerprint density at radius 1 is 1.00 bits per heavy atom. The standard InChI is InChI=1S/C18H18N2OS/c1-12-8-4-6-10-15(12)19-18-20(17(21)14(3)22-18)16-11-7-5-9-13(16)2/h4-11,14H,1-3H3. The fourth-order valence-electron chi connectivity index (χ4n) is 2.44. The molecule has 3 nitrogen and oxygen atoms in total. The summed E-state index contributed by atoms with van der Waals surface area (Å²) in [6.07, 6.45) is 0. The molecule has 0 spiro atoms. The lowest BCUT2D eigenvalue weighted by Crippen LogP contribution is -2.31.